The molecule has 48 heavy (non-hydrogen) atoms. The molecule has 12 heteroatoms. The minimum Gasteiger partial charge on any atom is -0.457 e. The smallest absolute Gasteiger partial charge is 0.412 e. The zero-order valence-electron chi connectivity index (χ0n) is 27.9. The number of carbonyl (C=O) groups is 5. The molecule has 2 aromatic rings. The lowest BCUT2D eigenvalue weighted by Crippen LogP contribution is -2.36. The minimum absolute atomic E-state index is 0.00818. The van der Waals surface area contributed by atoms with E-state index < -0.39 is 30.2 Å². The van der Waals surface area contributed by atoms with Gasteiger partial charge in [-0.1, -0.05) is 62.8 Å². The Labute approximate surface area is 279 Å². The van der Waals surface area contributed by atoms with Gasteiger partial charge in [0.05, 0.1) is 6.42 Å². The molecule has 0 saturated carbocycles. The number of allylic oxidation sites excluding steroid dienone is 2. The van der Waals surface area contributed by atoms with Crippen molar-refractivity contribution in [2.75, 3.05) is 18.4 Å². The zero-order valence-corrected chi connectivity index (χ0v) is 27.9. The van der Waals surface area contributed by atoms with Crippen LogP contribution in [-0.4, -0.2) is 64.8 Å². The van der Waals surface area contributed by atoms with Gasteiger partial charge in [-0.05, 0) is 56.0 Å². The summed E-state index contributed by atoms with van der Waals surface area (Å²) >= 11 is 0. The number of fused-ring (bicyclic) bond motifs is 3. The van der Waals surface area contributed by atoms with Crippen LogP contribution in [0.3, 0.4) is 0 Å². The van der Waals surface area contributed by atoms with Gasteiger partial charge in [-0.2, -0.15) is 0 Å². The lowest BCUT2D eigenvalue weighted by Gasteiger charge is -2.27. The number of nitrogens with one attached hydrogen (secondary N) is 2. The highest BCUT2D eigenvalue weighted by Gasteiger charge is 2.33. The molecule has 0 fully saturated rings. The summed E-state index contributed by atoms with van der Waals surface area (Å²) in [6.07, 6.45) is 8.72. The first-order valence-electron chi connectivity index (χ1n) is 15.9. The van der Waals surface area contributed by atoms with Crippen LogP contribution in [0.5, 0.6) is 0 Å². The highest BCUT2D eigenvalue weighted by atomic mass is 16.6. The number of nitrogens with zero attached hydrogens (tertiary/aromatic N) is 2. The molecule has 4 rings (SSSR count). The van der Waals surface area contributed by atoms with Gasteiger partial charge in [0.25, 0.3) is 5.91 Å². The molecule has 2 aliphatic rings. The molecule has 0 saturated heterocycles. The number of aromatic nitrogens is 1. The predicted octanol–water partition coefficient (Wildman–Crippen LogP) is 5.22. The molecule has 1 aromatic heterocycles. The van der Waals surface area contributed by atoms with E-state index in [2.05, 4.69) is 15.6 Å². The van der Waals surface area contributed by atoms with Crippen LogP contribution in [0.25, 0.3) is 0 Å². The number of Topliss-reactive ketones (excluding diaryl/α,β-unsaturated/α-hetero) is 1. The molecule has 12 nitrogen and oxygen atoms in total. The third-order valence-electron chi connectivity index (χ3n) is 7.70. The van der Waals surface area contributed by atoms with Crippen LogP contribution in [0.1, 0.15) is 62.5 Å². The molecule has 0 unspecified atom stereocenters. The molecule has 254 valence electrons. The van der Waals surface area contributed by atoms with Crippen molar-refractivity contribution in [3.05, 3.63) is 95.4 Å². The lowest BCUT2D eigenvalue weighted by atomic mass is 9.94. The van der Waals surface area contributed by atoms with E-state index in [9.17, 15) is 24.0 Å². The van der Waals surface area contributed by atoms with E-state index in [1.54, 1.807) is 55.5 Å². The molecule has 1 aromatic carbocycles. The molecular formula is C36H42N4O8. The van der Waals surface area contributed by atoms with Crippen LogP contribution in [0, 0.1) is 18.8 Å². The van der Waals surface area contributed by atoms with Crippen molar-refractivity contribution >= 4 is 35.3 Å². The number of hydrogen-bond donors (Lipinski definition) is 2. The number of rotatable bonds is 3. The van der Waals surface area contributed by atoms with E-state index in [4.69, 9.17) is 13.9 Å². The Morgan fingerprint density at radius 2 is 1.94 bits per heavy atom. The monoisotopic (exact) mass is 658 g/mol. The molecule has 3 amide bonds. The quantitative estimate of drug-likeness (QED) is 0.422. The molecule has 2 aliphatic heterocycles. The van der Waals surface area contributed by atoms with Gasteiger partial charge in [-0.25, -0.2) is 14.6 Å². The Balaban J connectivity index is 1.58. The topological polar surface area (TPSA) is 157 Å². The molecule has 0 spiro atoms. The Bertz CT molecular complexity index is 1650. The van der Waals surface area contributed by atoms with Gasteiger partial charge in [-0.3, -0.25) is 19.7 Å². The summed E-state index contributed by atoms with van der Waals surface area (Å²) in [4.78, 5) is 70.6. The number of anilines is 1. The molecule has 0 radical (unpaired) electrons. The van der Waals surface area contributed by atoms with Gasteiger partial charge < -0.3 is 24.1 Å². The van der Waals surface area contributed by atoms with E-state index in [0.29, 0.717) is 17.7 Å². The number of esters is 1. The third kappa shape index (κ3) is 10.1. The Morgan fingerprint density at radius 1 is 1.15 bits per heavy atom. The van der Waals surface area contributed by atoms with Crippen molar-refractivity contribution < 1.29 is 37.9 Å². The minimum atomic E-state index is -0.944. The summed E-state index contributed by atoms with van der Waals surface area (Å²) in [5, 5.41) is 5.45. The van der Waals surface area contributed by atoms with Gasteiger partial charge in [0.15, 0.2) is 5.69 Å². The molecule has 2 N–H and O–H groups in total. The average Bonchev–Trinajstić information content (AvgIpc) is 3.70. The van der Waals surface area contributed by atoms with Crippen molar-refractivity contribution in [3.8, 4) is 0 Å². The maximum absolute atomic E-state index is 13.4. The summed E-state index contributed by atoms with van der Waals surface area (Å²) in [5.41, 5.74) is 2.21. The van der Waals surface area contributed by atoms with Crippen LogP contribution in [0.2, 0.25) is 0 Å². The summed E-state index contributed by atoms with van der Waals surface area (Å²) < 4.78 is 16.9. The third-order valence-corrected chi connectivity index (χ3v) is 7.70. The van der Waals surface area contributed by atoms with Crippen LogP contribution in [0.4, 0.5) is 10.5 Å². The van der Waals surface area contributed by atoms with Crippen molar-refractivity contribution in [2.24, 2.45) is 11.8 Å². The van der Waals surface area contributed by atoms with E-state index in [-0.39, 0.29) is 66.7 Å². The van der Waals surface area contributed by atoms with E-state index in [1.807, 2.05) is 33.8 Å². The summed E-state index contributed by atoms with van der Waals surface area (Å²) in [6.45, 7) is 9.80. The summed E-state index contributed by atoms with van der Waals surface area (Å²) in [6, 6.07) is 7.20. The van der Waals surface area contributed by atoms with Crippen LogP contribution in [0.15, 0.2) is 82.7 Å². The van der Waals surface area contributed by atoms with E-state index in [1.165, 1.54) is 11.0 Å². The van der Waals surface area contributed by atoms with Gasteiger partial charge >= 0.3 is 12.1 Å². The number of cyclic esters (lactones) is 1. The zero-order chi connectivity index (χ0) is 34.8. The molecule has 3 atom stereocenters. The number of ketones is 1. The SMILES string of the molecule is CC1=C\[C@@H](OC(=O)Nc2cccc(C)c2)CC(=O)Cc2nc(co2)C(=O)N2CCC=C2C(=O)O[C@H](C(C)C)[C@H](C)/C=C/C(=O)NC\C=C\1. The van der Waals surface area contributed by atoms with Crippen molar-refractivity contribution in [1.82, 2.24) is 15.2 Å². The van der Waals surface area contributed by atoms with Crippen LogP contribution < -0.4 is 10.6 Å². The Kier molecular flexibility index (Phi) is 12.3. The fourth-order valence-electron chi connectivity index (χ4n) is 5.40. The number of amides is 3. The summed E-state index contributed by atoms with van der Waals surface area (Å²) in [5.74, 6) is -2.28. The molecule has 2 bridgehead atoms. The lowest BCUT2D eigenvalue weighted by molar-refractivity contribution is -0.149. The highest BCUT2D eigenvalue weighted by Crippen LogP contribution is 2.25. The molecule has 3 heterocycles. The second kappa shape index (κ2) is 16.5. The first-order chi connectivity index (χ1) is 22.9. The van der Waals surface area contributed by atoms with Gasteiger partial charge in [0, 0.05) is 31.1 Å². The number of benzene rings is 1. The molecular weight excluding hydrogens is 616 g/mol. The van der Waals surface area contributed by atoms with Crippen LogP contribution in [-0.2, 0) is 30.3 Å². The van der Waals surface area contributed by atoms with E-state index >= 15 is 0 Å². The first-order valence-corrected chi connectivity index (χ1v) is 15.9. The number of aryl methyl sites for hydroxylation is 1. The standard InChI is InChI=1S/C36H42N4O8/c1-22(2)33-25(5)13-14-31(42)37-15-7-10-24(4)18-28(47-36(45)38-26-11-6-9-23(3)17-26)19-27(41)20-32-39-29(21-46-32)34(43)40-16-8-12-30(40)35(44)48-33/h6-7,9-14,17-18,21-22,25,28,33H,8,15-16,19-20H2,1-5H3,(H,37,42)(H,38,45)/b10-7+,14-13+,24-18+/t25-,28-,33-/m1/s1. The van der Waals surface area contributed by atoms with Crippen molar-refractivity contribution in [1.29, 1.82) is 0 Å². The average molecular weight is 659 g/mol. The number of carbonyl (C=O) groups excluding carboxylic acids is 5. The number of ether oxygens (including phenoxy) is 2. The maximum atomic E-state index is 13.4. The Morgan fingerprint density at radius 3 is 2.69 bits per heavy atom. The van der Waals surface area contributed by atoms with Crippen molar-refractivity contribution in [2.45, 2.75) is 66.1 Å². The van der Waals surface area contributed by atoms with Crippen molar-refractivity contribution in [3.63, 3.8) is 0 Å². The largest absolute Gasteiger partial charge is 0.457 e. The maximum Gasteiger partial charge on any atom is 0.412 e. The number of oxazole rings is 1. The summed E-state index contributed by atoms with van der Waals surface area (Å²) in [7, 11) is 0. The van der Waals surface area contributed by atoms with Gasteiger partial charge in [-0.15, -0.1) is 0 Å². The second-order valence-electron chi connectivity index (χ2n) is 12.2. The first kappa shape index (κ1) is 35.6. The fraction of sp³-hybridized carbons (Fsp3) is 0.389. The number of hydrogen-bond acceptors (Lipinski definition) is 9. The fourth-order valence-corrected chi connectivity index (χ4v) is 5.40. The highest BCUT2D eigenvalue weighted by molar-refractivity contribution is 6.00. The second-order valence-corrected chi connectivity index (χ2v) is 12.2. The normalized spacial score (nSPS) is 24.0. The van der Waals surface area contributed by atoms with E-state index in [0.717, 1.165) is 11.8 Å². The molecule has 0 aliphatic carbocycles. The van der Waals surface area contributed by atoms with Gasteiger partial charge in [0.2, 0.25) is 11.8 Å². The van der Waals surface area contributed by atoms with Crippen LogP contribution >= 0.6 is 0 Å². The predicted molar refractivity (Wildman–Crippen MR) is 178 cm³/mol. The Hall–Kier alpha value is -5.26. The van der Waals surface area contributed by atoms with Gasteiger partial charge in [0.1, 0.15) is 30.0 Å².